The largest absolute Gasteiger partial charge is 0.309 e. The van der Waals surface area contributed by atoms with Crippen molar-refractivity contribution >= 4 is 43.8 Å². The van der Waals surface area contributed by atoms with Gasteiger partial charge in [0.2, 0.25) is 0 Å². The molecule has 0 atom stereocenters. The molecule has 226 valence electrons. The van der Waals surface area contributed by atoms with Gasteiger partial charge in [-0.2, -0.15) is 0 Å². The first kappa shape index (κ1) is 27.9. The Bertz CT molecular complexity index is 2560. The maximum absolute atomic E-state index is 5.11. The second-order valence-corrected chi connectivity index (χ2v) is 12.3. The molecule has 2 heterocycles. The molecule has 0 unspecified atom stereocenters. The van der Waals surface area contributed by atoms with Crippen LogP contribution in [0.1, 0.15) is 12.6 Å². The van der Waals surface area contributed by atoms with Crippen molar-refractivity contribution in [1.29, 1.82) is 0 Å². The highest BCUT2D eigenvalue weighted by Gasteiger charge is 2.24. The highest BCUT2D eigenvalue weighted by molar-refractivity contribution is 6.30. The molecule has 48 heavy (non-hydrogen) atoms. The van der Waals surface area contributed by atoms with Gasteiger partial charge in [-0.3, -0.25) is 0 Å². The average molecular weight is 614 g/mol. The Morgan fingerprint density at radius 3 is 1.94 bits per heavy atom. The Balaban J connectivity index is 1.30. The summed E-state index contributed by atoms with van der Waals surface area (Å²) in [5.41, 5.74) is 13.2. The summed E-state index contributed by atoms with van der Waals surface area (Å²) < 4.78 is 2.39. The summed E-state index contributed by atoms with van der Waals surface area (Å²) in [6, 6.07) is 49.3. The summed E-state index contributed by atoms with van der Waals surface area (Å²) >= 11 is 0. The third-order valence-corrected chi connectivity index (χ3v) is 9.45. The Morgan fingerprint density at radius 1 is 0.583 bits per heavy atom. The number of fused-ring (bicyclic) bond motifs is 3. The highest BCUT2D eigenvalue weighted by Crippen LogP contribution is 2.49. The smallest absolute Gasteiger partial charge is 0.160 e. The molecule has 1 aliphatic rings. The lowest BCUT2D eigenvalue weighted by Gasteiger charge is -2.15. The molecular formula is C45H31N3. The Morgan fingerprint density at radius 2 is 1.21 bits per heavy atom. The summed E-state index contributed by atoms with van der Waals surface area (Å²) in [6.07, 6.45) is 6.20. The van der Waals surface area contributed by atoms with Gasteiger partial charge in [0.15, 0.2) is 5.82 Å². The van der Waals surface area contributed by atoms with Crippen molar-refractivity contribution in [2.45, 2.75) is 6.92 Å². The van der Waals surface area contributed by atoms with Crippen LogP contribution in [-0.2, 0) is 0 Å². The molecule has 0 fully saturated rings. The fourth-order valence-electron chi connectivity index (χ4n) is 7.33. The van der Waals surface area contributed by atoms with E-state index in [2.05, 4.69) is 133 Å². The fourth-order valence-corrected chi connectivity index (χ4v) is 7.33. The molecule has 2 aromatic heterocycles. The van der Waals surface area contributed by atoms with Gasteiger partial charge in [0.25, 0.3) is 0 Å². The van der Waals surface area contributed by atoms with E-state index in [9.17, 15) is 0 Å². The molecule has 0 saturated heterocycles. The zero-order chi connectivity index (χ0) is 32.2. The number of allylic oxidation sites excluding steroid dienone is 5. The second kappa shape index (κ2) is 11.2. The highest BCUT2D eigenvalue weighted by atomic mass is 15.0. The average Bonchev–Trinajstić information content (AvgIpc) is 3.43. The van der Waals surface area contributed by atoms with Crippen LogP contribution in [-0.4, -0.2) is 14.5 Å². The van der Waals surface area contributed by atoms with Crippen LogP contribution in [0.15, 0.2) is 164 Å². The van der Waals surface area contributed by atoms with Crippen molar-refractivity contribution in [2.24, 2.45) is 0 Å². The summed E-state index contributed by atoms with van der Waals surface area (Å²) in [4.78, 5) is 10.1. The van der Waals surface area contributed by atoms with Gasteiger partial charge in [0.1, 0.15) is 0 Å². The minimum atomic E-state index is 0.704. The van der Waals surface area contributed by atoms with Crippen LogP contribution in [0.5, 0.6) is 0 Å². The van der Waals surface area contributed by atoms with Crippen LogP contribution in [0.4, 0.5) is 0 Å². The van der Waals surface area contributed by atoms with E-state index in [1.165, 1.54) is 49.3 Å². The molecule has 6 aromatic carbocycles. The summed E-state index contributed by atoms with van der Waals surface area (Å²) in [7, 11) is 0. The van der Waals surface area contributed by atoms with E-state index in [4.69, 9.17) is 9.97 Å². The van der Waals surface area contributed by atoms with Crippen LogP contribution in [0.2, 0.25) is 0 Å². The van der Waals surface area contributed by atoms with Crippen molar-refractivity contribution in [2.75, 3.05) is 0 Å². The van der Waals surface area contributed by atoms with E-state index in [0.29, 0.717) is 5.82 Å². The molecule has 0 aliphatic heterocycles. The SMILES string of the molecule is C=C/C=C(\C=C(/C)c1cc(-c2ccccc2)nc(-c2ccccc2)n1)n1c2cccc3c2c2c4c(cccc4ccc21)-c1ccccc1-3. The van der Waals surface area contributed by atoms with Gasteiger partial charge in [0.05, 0.1) is 22.4 Å². The lowest BCUT2D eigenvalue weighted by Crippen LogP contribution is -1.99. The summed E-state index contributed by atoms with van der Waals surface area (Å²) in [5, 5.41) is 5.10. The third kappa shape index (κ3) is 4.36. The normalized spacial score (nSPS) is 12.6. The Labute approximate surface area is 279 Å². The molecule has 1 aliphatic carbocycles. The first-order chi connectivity index (χ1) is 23.7. The van der Waals surface area contributed by atoms with E-state index < -0.39 is 0 Å². The van der Waals surface area contributed by atoms with Crippen molar-refractivity contribution in [3.63, 3.8) is 0 Å². The Kier molecular flexibility index (Phi) is 6.51. The van der Waals surface area contributed by atoms with Crippen LogP contribution in [0.3, 0.4) is 0 Å². The molecule has 0 spiro atoms. The zero-order valence-electron chi connectivity index (χ0n) is 26.6. The van der Waals surface area contributed by atoms with Crippen molar-refractivity contribution in [3.05, 3.63) is 170 Å². The maximum Gasteiger partial charge on any atom is 0.160 e. The third-order valence-electron chi connectivity index (χ3n) is 9.45. The van der Waals surface area contributed by atoms with Crippen LogP contribution < -0.4 is 0 Å². The first-order valence-corrected chi connectivity index (χ1v) is 16.3. The predicted octanol–water partition coefficient (Wildman–Crippen LogP) is 11.8. The Hall–Kier alpha value is -6.32. The van der Waals surface area contributed by atoms with Crippen LogP contribution in [0.25, 0.3) is 88.7 Å². The van der Waals surface area contributed by atoms with Crippen LogP contribution >= 0.6 is 0 Å². The summed E-state index contributed by atoms with van der Waals surface area (Å²) in [5.74, 6) is 0.704. The first-order valence-electron chi connectivity index (χ1n) is 16.3. The van der Waals surface area contributed by atoms with Gasteiger partial charge in [-0.15, -0.1) is 0 Å². The number of benzene rings is 6. The van der Waals surface area contributed by atoms with E-state index in [-0.39, 0.29) is 0 Å². The van der Waals surface area contributed by atoms with Crippen molar-refractivity contribution < 1.29 is 0 Å². The quantitative estimate of drug-likeness (QED) is 0.175. The molecule has 0 N–H and O–H groups in total. The second-order valence-electron chi connectivity index (χ2n) is 12.3. The number of hydrogen-bond donors (Lipinski definition) is 0. The fraction of sp³-hybridized carbons (Fsp3) is 0.0222. The predicted molar refractivity (Wildman–Crippen MR) is 202 cm³/mol. The van der Waals surface area contributed by atoms with Crippen molar-refractivity contribution in [3.8, 4) is 44.9 Å². The standard InChI is InChI=1S/C45H31N3/c1-3-14-33(27-29(2)38-28-39(30-15-6-4-7-16-30)47-45(46-38)32-17-8-5-9-18-32)48-40-24-13-23-37-35-21-11-10-20-34(35)36-22-12-19-31-25-26-41(48)44(42(31)36)43(37)40/h3-28H,1H2,2H3/b29-27+,33-14+. The van der Waals surface area contributed by atoms with Gasteiger partial charge in [-0.25, -0.2) is 9.97 Å². The van der Waals surface area contributed by atoms with E-state index in [1.807, 2.05) is 42.5 Å². The van der Waals surface area contributed by atoms with E-state index in [0.717, 1.165) is 39.3 Å². The van der Waals surface area contributed by atoms with E-state index in [1.54, 1.807) is 0 Å². The number of nitrogens with zero attached hydrogens (tertiary/aromatic N) is 3. The van der Waals surface area contributed by atoms with Crippen molar-refractivity contribution in [1.82, 2.24) is 14.5 Å². The zero-order valence-corrected chi connectivity index (χ0v) is 26.6. The minimum absolute atomic E-state index is 0.704. The minimum Gasteiger partial charge on any atom is -0.309 e. The van der Waals surface area contributed by atoms with E-state index >= 15 is 0 Å². The van der Waals surface area contributed by atoms with Gasteiger partial charge in [0, 0.05) is 27.6 Å². The maximum atomic E-state index is 5.11. The lowest BCUT2D eigenvalue weighted by atomic mass is 9.93. The molecular weight excluding hydrogens is 583 g/mol. The molecule has 8 aromatic rings. The number of aromatic nitrogens is 3. The number of rotatable bonds is 6. The molecule has 3 heteroatoms. The van der Waals surface area contributed by atoms with Gasteiger partial charge in [-0.05, 0) is 75.9 Å². The molecule has 0 saturated carbocycles. The monoisotopic (exact) mass is 613 g/mol. The molecule has 3 nitrogen and oxygen atoms in total. The number of hydrogen-bond acceptors (Lipinski definition) is 2. The molecule has 9 rings (SSSR count). The van der Waals surface area contributed by atoms with Gasteiger partial charge in [-0.1, -0.05) is 134 Å². The summed E-state index contributed by atoms with van der Waals surface area (Å²) in [6.45, 7) is 6.27. The van der Waals surface area contributed by atoms with Gasteiger partial charge >= 0.3 is 0 Å². The molecule has 0 amide bonds. The lowest BCUT2D eigenvalue weighted by molar-refractivity contribution is 1.15. The molecule has 0 radical (unpaired) electrons. The topological polar surface area (TPSA) is 30.7 Å². The van der Waals surface area contributed by atoms with Gasteiger partial charge < -0.3 is 4.57 Å². The molecule has 0 bridgehead atoms. The van der Waals surface area contributed by atoms with Crippen LogP contribution in [0, 0.1) is 0 Å².